The summed E-state index contributed by atoms with van der Waals surface area (Å²) in [6, 6.07) is 0. The van der Waals surface area contributed by atoms with E-state index in [9.17, 15) is 9.59 Å². The van der Waals surface area contributed by atoms with Crippen molar-refractivity contribution in [2.24, 2.45) is 5.92 Å². The summed E-state index contributed by atoms with van der Waals surface area (Å²) in [5.74, 6) is -0.133. The number of rotatable bonds is 6. The fourth-order valence-electron chi connectivity index (χ4n) is 2.62. The van der Waals surface area contributed by atoms with Crippen LogP contribution in [0.15, 0.2) is 12.7 Å². The van der Waals surface area contributed by atoms with Crippen molar-refractivity contribution < 1.29 is 23.8 Å². The van der Waals surface area contributed by atoms with Crippen LogP contribution < -0.4 is 5.32 Å². The summed E-state index contributed by atoms with van der Waals surface area (Å²) in [5, 5.41) is 2.56. The quantitative estimate of drug-likeness (QED) is 0.461. The summed E-state index contributed by atoms with van der Waals surface area (Å²) in [5.41, 5.74) is -0.761. The van der Waals surface area contributed by atoms with E-state index in [-0.39, 0.29) is 24.9 Å². The highest BCUT2D eigenvalue weighted by Crippen LogP contribution is 2.40. The summed E-state index contributed by atoms with van der Waals surface area (Å²) in [4.78, 5) is 22.7. The number of nitrogens with one attached hydrogen (secondary N) is 1. The number of hydrogen-bond acceptors (Lipinski definition) is 5. The Morgan fingerprint density at radius 3 is 2.57 bits per heavy atom. The van der Waals surface area contributed by atoms with Gasteiger partial charge in [0.1, 0.15) is 18.3 Å². The average Bonchev–Trinajstić information content (AvgIpc) is 2.45. The molecule has 2 unspecified atom stereocenters. The molecule has 1 N–H and O–H groups in total. The normalized spacial score (nSPS) is 26.4. The van der Waals surface area contributed by atoms with Crippen molar-refractivity contribution in [2.75, 3.05) is 13.2 Å². The van der Waals surface area contributed by atoms with E-state index in [0.29, 0.717) is 5.92 Å². The van der Waals surface area contributed by atoms with Crippen LogP contribution in [-0.2, 0) is 19.0 Å². The molecule has 6 heteroatoms. The minimum Gasteiger partial charge on any atom is -0.461 e. The second-order valence-electron chi connectivity index (χ2n) is 6.90. The number of alkyl carbamates (subject to hydrolysis) is 1. The van der Waals surface area contributed by atoms with Crippen LogP contribution in [0.1, 0.15) is 47.5 Å². The SMILES string of the molecule is C=CC(=O)OCCNC(=O)OC1CCC(C)(C(C)C)OC1(C)C. The molecular formula is C17H29NO5. The molecule has 1 fully saturated rings. The van der Waals surface area contributed by atoms with E-state index in [1.165, 1.54) is 0 Å². The predicted molar refractivity (Wildman–Crippen MR) is 87.1 cm³/mol. The third-order valence-electron chi connectivity index (χ3n) is 4.43. The lowest BCUT2D eigenvalue weighted by Gasteiger charge is -2.49. The van der Waals surface area contributed by atoms with Gasteiger partial charge in [-0.3, -0.25) is 0 Å². The Morgan fingerprint density at radius 2 is 2.04 bits per heavy atom. The van der Waals surface area contributed by atoms with Crippen LogP contribution in [0.3, 0.4) is 0 Å². The summed E-state index contributed by atoms with van der Waals surface area (Å²) in [7, 11) is 0. The molecule has 0 saturated carbocycles. The van der Waals surface area contributed by atoms with E-state index >= 15 is 0 Å². The molecule has 0 aromatic heterocycles. The van der Waals surface area contributed by atoms with E-state index in [4.69, 9.17) is 14.2 Å². The third-order valence-corrected chi connectivity index (χ3v) is 4.43. The first-order valence-corrected chi connectivity index (χ1v) is 8.04. The molecule has 0 radical (unpaired) electrons. The van der Waals surface area contributed by atoms with Gasteiger partial charge in [-0.15, -0.1) is 0 Å². The molecule has 1 aliphatic rings. The molecule has 1 heterocycles. The van der Waals surface area contributed by atoms with E-state index in [1.54, 1.807) is 0 Å². The molecule has 23 heavy (non-hydrogen) atoms. The van der Waals surface area contributed by atoms with Crippen LogP contribution in [0.4, 0.5) is 4.79 Å². The van der Waals surface area contributed by atoms with Gasteiger partial charge in [0.05, 0.1) is 12.1 Å². The van der Waals surface area contributed by atoms with E-state index in [1.807, 2.05) is 13.8 Å². The van der Waals surface area contributed by atoms with E-state index in [0.717, 1.165) is 18.9 Å². The Balaban J connectivity index is 2.43. The maximum Gasteiger partial charge on any atom is 0.407 e. The standard InChI is InChI=1S/C17H29NO5/c1-7-14(19)21-11-10-18-15(20)22-13-8-9-17(6,12(2)3)23-16(13,4)5/h7,12-13H,1,8-11H2,2-6H3,(H,18,20). The van der Waals surface area contributed by atoms with Gasteiger partial charge < -0.3 is 19.5 Å². The zero-order valence-electron chi connectivity index (χ0n) is 14.8. The topological polar surface area (TPSA) is 73.9 Å². The smallest absolute Gasteiger partial charge is 0.407 e. The maximum atomic E-state index is 11.9. The Bertz CT molecular complexity index is 446. The van der Waals surface area contributed by atoms with Crippen LogP contribution in [0, 0.1) is 5.92 Å². The highest BCUT2D eigenvalue weighted by Gasteiger charge is 2.46. The van der Waals surface area contributed by atoms with E-state index in [2.05, 4.69) is 32.7 Å². The Morgan fingerprint density at radius 1 is 1.39 bits per heavy atom. The molecule has 2 atom stereocenters. The molecule has 1 saturated heterocycles. The summed E-state index contributed by atoms with van der Waals surface area (Å²) < 4.78 is 16.5. The largest absolute Gasteiger partial charge is 0.461 e. The lowest BCUT2D eigenvalue weighted by molar-refractivity contribution is -0.228. The molecule has 1 aliphatic heterocycles. The van der Waals surface area contributed by atoms with Gasteiger partial charge in [0, 0.05) is 6.08 Å². The molecule has 1 amide bonds. The maximum absolute atomic E-state index is 11.9. The second-order valence-corrected chi connectivity index (χ2v) is 6.90. The first-order chi connectivity index (χ1) is 10.6. The molecule has 0 aromatic rings. The average molecular weight is 327 g/mol. The number of esters is 1. The number of hydrogen-bond donors (Lipinski definition) is 1. The highest BCUT2D eigenvalue weighted by atomic mass is 16.6. The van der Waals surface area contributed by atoms with Crippen molar-refractivity contribution in [1.29, 1.82) is 0 Å². The minimum absolute atomic E-state index is 0.0793. The van der Waals surface area contributed by atoms with E-state index < -0.39 is 17.7 Å². The zero-order chi connectivity index (χ0) is 17.7. The van der Waals surface area contributed by atoms with Gasteiger partial charge in [-0.25, -0.2) is 9.59 Å². The van der Waals surface area contributed by atoms with Gasteiger partial charge >= 0.3 is 12.1 Å². The number of ether oxygens (including phenoxy) is 3. The molecule has 0 aromatic carbocycles. The Kier molecular flexibility index (Phi) is 6.62. The van der Waals surface area contributed by atoms with Crippen LogP contribution in [-0.4, -0.2) is 42.5 Å². The molecule has 132 valence electrons. The number of amides is 1. The molecular weight excluding hydrogens is 298 g/mol. The predicted octanol–water partition coefficient (Wildman–Crippen LogP) is 2.81. The molecule has 0 bridgehead atoms. The van der Waals surface area contributed by atoms with Crippen LogP contribution in [0.2, 0.25) is 0 Å². The molecule has 6 nitrogen and oxygen atoms in total. The van der Waals surface area contributed by atoms with Crippen LogP contribution in [0.5, 0.6) is 0 Å². The van der Waals surface area contributed by atoms with Crippen molar-refractivity contribution in [3.63, 3.8) is 0 Å². The van der Waals surface area contributed by atoms with Gasteiger partial charge in [0.15, 0.2) is 0 Å². The van der Waals surface area contributed by atoms with Crippen molar-refractivity contribution in [2.45, 2.75) is 64.8 Å². The summed E-state index contributed by atoms with van der Waals surface area (Å²) in [6.45, 7) is 13.8. The lowest BCUT2D eigenvalue weighted by atomic mass is 9.79. The van der Waals surface area contributed by atoms with Crippen molar-refractivity contribution in [1.82, 2.24) is 5.32 Å². The molecule has 0 spiro atoms. The van der Waals surface area contributed by atoms with Gasteiger partial charge in [0.2, 0.25) is 0 Å². The summed E-state index contributed by atoms with van der Waals surface area (Å²) >= 11 is 0. The molecule has 1 rings (SSSR count). The number of carbonyl (C=O) groups excluding carboxylic acids is 2. The molecule has 0 aliphatic carbocycles. The zero-order valence-corrected chi connectivity index (χ0v) is 14.8. The fraction of sp³-hybridized carbons (Fsp3) is 0.765. The third kappa shape index (κ3) is 5.53. The first-order valence-electron chi connectivity index (χ1n) is 8.04. The fourth-order valence-corrected chi connectivity index (χ4v) is 2.62. The van der Waals surface area contributed by atoms with Crippen LogP contribution in [0.25, 0.3) is 0 Å². The lowest BCUT2D eigenvalue weighted by Crippen LogP contribution is -2.55. The minimum atomic E-state index is -0.552. The van der Waals surface area contributed by atoms with Gasteiger partial charge in [0.25, 0.3) is 0 Å². The number of carbonyl (C=O) groups is 2. The Labute approximate surface area is 138 Å². The second kappa shape index (κ2) is 7.81. The summed E-state index contributed by atoms with van der Waals surface area (Å²) in [6.07, 6.45) is 1.81. The van der Waals surface area contributed by atoms with Gasteiger partial charge in [-0.2, -0.15) is 0 Å². The van der Waals surface area contributed by atoms with Crippen molar-refractivity contribution >= 4 is 12.1 Å². The van der Waals surface area contributed by atoms with Crippen molar-refractivity contribution in [3.8, 4) is 0 Å². The van der Waals surface area contributed by atoms with Gasteiger partial charge in [-0.1, -0.05) is 20.4 Å². The Hall–Kier alpha value is -1.56. The van der Waals surface area contributed by atoms with Crippen LogP contribution >= 0.6 is 0 Å². The highest BCUT2D eigenvalue weighted by molar-refractivity contribution is 5.81. The monoisotopic (exact) mass is 327 g/mol. The first kappa shape index (κ1) is 19.5. The van der Waals surface area contributed by atoms with Crippen molar-refractivity contribution in [3.05, 3.63) is 12.7 Å². The van der Waals surface area contributed by atoms with Gasteiger partial charge in [-0.05, 0) is 39.5 Å².